The first-order chi connectivity index (χ1) is 4.63. The molecule has 0 aliphatic carbocycles. The van der Waals surface area contributed by atoms with E-state index in [1.54, 1.807) is 22.6 Å². The molecule has 0 aliphatic rings. The molecule has 0 bridgehead atoms. The second-order valence-electron chi connectivity index (χ2n) is 1.69. The van der Waals surface area contributed by atoms with E-state index in [0.717, 1.165) is 6.07 Å². The van der Waals surface area contributed by atoms with Crippen molar-refractivity contribution in [3.05, 3.63) is 26.5 Å². The third-order valence-electron chi connectivity index (χ3n) is 1.01. The zero-order valence-corrected chi connectivity index (χ0v) is 7.65. The molecule has 1 aromatic carbocycles. The Morgan fingerprint density at radius 3 is 2.60 bits per heavy atom. The van der Waals surface area contributed by atoms with Crippen LogP contribution in [0.3, 0.4) is 0 Å². The third kappa shape index (κ3) is 1.34. The molecule has 1 N–H and O–H groups in total. The molecular formula is C6H3ClFIO. The Bertz CT molecular complexity index is 237. The minimum atomic E-state index is -0.510. The van der Waals surface area contributed by atoms with Gasteiger partial charge < -0.3 is 5.11 Å². The smallest absolute Gasteiger partial charge is 0.143 e. The lowest BCUT2D eigenvalue weighted by Gasteiger charge is -1.98. The van der Waals surface area contributed by atoms with Crippen molar-refractivity contribution < 1.29 is 9.50 Å². The number of benzene rings is 1. The van der Waals surface area contributed by atoms with Gasteiger partial charge in [-0.05, 0) is 34.7 Å². The van der Waals surface area contributed by atoms with Gasteiger partial charge in [0.05, 0.1) is 8.59 Å². The summed E-state index contributed by atoms with van der Waals surface area (Å²) in [7, 11) is 0. The Morgan fingerprint density at radius 1 is 1.50 bits per heavy atom. The quantitative estimate of drug-likeness (QED) is 0.569. The molecule has 0 atom stereocenters. The molecule has 54 valence electrons. The summed E-state index contributed by atoms with van der Waals surface area (Å²) in [5.74, 6) is -0.504. The van der Waals surface area contributed by atoms with E-state index in [2.05, 4.69) is 0 Å². The lowest BCUT2D eigenvalue weighted by atomic mass is 10.3. The normalized spacial score (nSPS) is 9.90. The van der Waals surface area contributed by atoms with E-state index in [0.29, 0.717) is 3.57 Å². The van der Waals surface area contributed by atoms with Gasteiger partial charge in [-0.25, -0.2) is 4.39 Å². The summed E-state index contributed by atoms with van der Waals surface area (Å²) in [5.41, 5.74) is 0. The van der Waals surface area contributed by atoms with Crippen LogP contribution < -0.4 is 0 Å². The van der Waals surface area contributed by atoms with Crippen LogP contribution in [0.5, 0.6) is 5.75 Å². The Balaban J connectivity index is 3.34. The topological polar surface area (TPSA) is 20.2 Å². The van der Waals surface area contributed by atoms with Crippen LogP contribution in [0.15, 0.2) is 12.1 Å². The largest absolute Gasteiger partial charge is 0.507 e. The van der Waals surface area contributed by atoms with Crippen molar-refractivity contribution in [1.29, 1.82) is 0 Å². The molecule has 0 fully saturated rings. The molecule has 0 unspecified atom stereocenters. The minimum Gasteiger partial charge on any atom is -0.507 e. The fourth-order valence-electron chi connectivity index (χ4n) is 0.516. The van der Waals surface area contributed by atoms with Crippen molar-refractivity contribution in [3.63, 3.8) is 0 Å². The third-order valence-corrected chi connectivity index (χ3v) is 2.80. The molecule has 4 heteroatoms. The SMILES string of the molecule is Oc1ccc(F)c(Cl)c1I. The lowest BCUT2D eigenvalue weighted by Crippen LogP contribution is -1.80. The van der Waals surface area contributed by atoms with Gasteiger partial charge in [0.1, 0.15) is 11.6 Å². The molecule has 0 radical (unpaired) electrons. The zero-order valence-electron chi connectivity index (χ0n) is 4.74. The molecule has 1 aromatic rings. The molecule has 1 rings (SSSR count). The van der Waals surface area contributed by atoms with Crippen molar-refractivity contribution in [1.82, 2.24) is 0 Å². The summed E-state index contributed by atoms with van der Waals surface area (Å²) in [4.78, 5) is 0. The van der Waals surface area contributed by atoms with Crippen molar-refractivity contribution in [2.45, 2.75) is 0 Å². The van der Waals surface area contributed by atoms with Crippen LogP contribution in [0, 0.1) is 9.39 Å². The predicted molar refractivity (Wildman–Crippen MR) is 45.8 cm³/mol. The van der Waals surface area contributed by atoms with E-state index in [4.69, 9.17) is 16.7 Å². The highest BCUT2D eigenvalue weighted by molar-refractivity contribution is 14.1. The maximum atomic E-state index is 12.5. The van der Waals surface area contributed by atoms with Gasteiger partial charge in [-0.1, -0.05) is 11.6 Å². The number of hydrogen-bond acceptors (Lipinski definition) is 1. The summed E-state index contributed by atoms with van der Waals surface area (Å²) in [6, 6.07) is 2.39. The van der Waals surface area contributed by atoms with Crippen LogP contribution in [-0.4, -0.2) is 5.11 Å². The molecule has 0 aliphatic heterocycles. The summed E-state index contributed by atoms with van der Waals surface area (Å²) < 4.78 is 12.9. The first kappa shape index (κ1) is 8.07. The fraction of sp³-hybridized carbons (Fsp3) is 0. The molecule has 10 heavy (non-hydrogen) atoms. The zero-order chi connectivity index (χ0) is 7.72. The van der Waals surface area contributed by atoms with Gasteiger partial charge in [-0.3, -0.25) is 0 Å². The van der Waals surface area contributed by atoms with Crippen LogP contribution in [0.25, 0.3) is 0 Å². The van der Waals surface area contributed by atoms with Crippen LogP contribution >= 0.6 is 34.2 Å². The molecular weight excluding hydrogens is 269 g/mol. The van der Waals surface area contributed by atoms with E-state index in [-0.39, 0.29) is 10.8 Å². The van der Waals surface area contributed by atoms with E-state index in [9.17, 15) is 4.39 Å². The summed E-state index contributed by atoms with van der Waals surface area (Å²) in [6.07, 6.45) is 0. The molecule has 0 amide bonds. The molecule has 1 nitrogen and oxygen atoms in total. The van der Waals surface area contributed by atoms with Crippen LogP contribution in [0.2, 0.25) is 5.02 Å². The van der Waals surface area contributed by atoms with Crippen molar-refractivity contribution in [3.8, 4) is 5.75 Å². The highest BCUT2D eigenvalue weighted by Crippen LogP contribution is 2.28. The van der Waals surface area contributed by atoms with Crippen LogP contribution in [0.1, 0.15) is 0 Å². The Morgan fingerprint density at radius 2 is 2.10 bits per heavy atom. The molecule has 0 saturated heterocycles. The number of aromatic hydroxyl groups is 1. The average molecular weight is 272 g/mol. The number of hydrogen-bond donors (Lipinski definition) is 1. The van der Waals surface area contributed by atoms with E-state index in [1.165, 1.54) is 6.07 Å². The minimum absolute atomic E-state index is 0.00648. The van der Waals surface area contributed by atoms with Crippen LogP contribution in [0.4, 0.5) is 4.39 Å². The second-order valence-corrected chi connectivity index (χ2v) is 3.15. The fourth-order valence-corrected chi connectivity index (χ4v) is 1.11. The average Bonchev–Trinajstić information content (AvgIpc) is 1.93. The molecule has 0 spiro atoms. The van der Waals surface area contributed by atoms with E-state index < -0.39 is 5.82 Å². The van der Waals surface area contributed by atoms with Gasteiger partial charge >= 0.3 is 0 Å². The van der Waals surface area contributed by atoms with Crippen molar-refractivity contribution in [2.75, 3.05) is 0 Å². The first-order valence-corrected chi connectivity index (χ1v) is 3.91. The van der Waals surface area contributed by atoms with Gasteiger partial charge in [0.2, 0.25) is 0 Å². The van der Waals surface area contributed by atoms with Crippen molar-refractivity contribution in [2.24, 2.45) is 0 Å². The highest BCUT2D eigenvalue weighted by atomic mass is 127. The van der Waals surface area contributed by atoms with Gasteiger partial charge in [-0.15, -0.1) is 0 Å². The van der Waals surface area contributed by atoms with Crippen molar-refractivity contribution >= 4 is 34.2 Å². The Labute approximate surface area is 76.0 Å². The molecule has 0 heterocycles. The maximum absolute atomic E-state index is 12.5. The number of rotatable bonds is 0. The monoisotopic (exact) mass is 272 g/mol. The van der Waals surface area contributed by atoms with Gasteiger partial charge in [0.25, 0.3) is 0 Å². The number of phenols is 1. The van der Waals surface area contributed by atoms with Gasteiger partial charge in [0.15, 0.2) is 0 Å². The lowest BCUT2D eigenvalue weighted by molar-refractivity contribution is 0.469. The van der Waals surface area contributed by atoms with Gasteiger partial charge in [-0.2, -0.15) is 0 Å². The van der Waals surface area contributed by atoms with E-state index in [1.807, 2.05) is 0 Å². The molecule has 0 aromatic heterocycles. The molecule has 0 saturated carbocycles. The Kier molecular flexibility index (Phi) is 2.36. The highest BCUT2D eigenvalue weighted by Gasteiger charge is 2.06. The maximum Gasteiger partial charge on any atom is 0.143 e. The standard InChI is InChI=1S/C6H3ClFIO/c7-5-3(8)1-2-4(10)6(5)9/h1-2,10H. The summed E-state index contributed by atoms with van der Waals surface area (Å²) in [5, 5.41) is 8.94. The predicted octanol–water partition coefficient (Wildman–Crippen LogP) is 2.79. The Hall–Kier alpha value is -0.0300. The summed E-state index contributed by atoms with van der Waals surface area (Å²) in [6.45, 7) is 0. The number of phenolic OH excluding ortho intramolecular Hbond substituents is 1. The van der Waals surface area contributed by atoms with Crippen LogP contribution in [-0.2, 0) is 0 Å². The van der Waals surface area contributed by atoms with Gasteiger partial charge in [0, 0.05) is 0 Å². The summed E-state index contributed by atoms with van der Waals surface area (Å²) >= 11 is 7.21. The first-order valence-electron chi connectivity index (χ1n) is 2.45. The second kappa shape index (κ2) is 2.92. The number of halogens is 3. The van der Waals surface area contributed by atoms with E-state index >= 15 is 0 Å².